The molecule has 0 aliphatic rings. The molecule has 0 atom stereocenters. The maximum Gasteiger partial charge on any atom is 0.143 e. The molecule has 0 saturated heterocycles. The quantitative estimate of drug-likeness (QED) is 0.252. The van der Waals surface area contributed by atoms with E-state index in [-0.39, 0.29) is 12.4 Å². The zero-order valence-corrected chi connectivity index (χ0v) is 17.2. The third kappa shape index (κ3) is 4.70. The molecule has 4 rings (SSSR count). The van der Waals surface area contributed by atoms with Crippen molar-refractivity contribution in [1.29, 1.82) is 0 Å². The first-order valence-corrected chi connectivity index (χ1v) is 9.86. The van der Waals surface area contributed by atoms with Crippen molar-refractivity contribution in [2.24, 2.45) is 5.16 Å². The lowest BCUT2D eigenvalue weighted by atomic mass is 10.1. The van der Waals surface area contributed by atoms with Gasteiger partial charge in [-0.1, -0.05) is 52.6 Å². The van der Waals surface area contributed by atoms with E-state index in [4.69, 9.17) is 28.0 Å². The normalized spacial score (nSPS) is 11.2. The fourth-order valence-electron chi connectivity index (χ4n) is 2.87. The molecule has 7 heteroatoms. The number of rotatable bonds is 6. The number of aromatic nitrogens is 2. The molecule has 0 unspecified atom stereocenters. The smallest absolute Gasteiger partial charge is 0.143 e. The van der Waals surface area contributed by atoms with Crippen molar-refractivity contribution < 1.29 is 9.23 Å². The van der Waals surface area contributed by atoms with Crippen LogP contribution in [-0.4, -0.2) is 16.0 Å². The summed E-state index contributed by atoms with van der Waals surface area (Å²) in [6.45, 7) is 0.200. The predicted octanol–water partition coefficient (Wildman–Crippen LogP) is 6.54. The monoisotopic (exact) mass is 439 g/mol. The number of hydrogen-bond donors (Lipinski definition) is 0. The molecule has 1 heterocycles. The summed E-state index contributed by atoms with van der Waals surface area (Å²) in [7, 11) is 0. The highest BCUT2D eigenvalue weighted by atomic mass is 35.5. The lowest BCUT2D eigenvalue weighted by molar-refractivity contribution is 0.132. The molecule has 1 aromatic heterocycles. The first kappa shape index (κ1) is 20.1. The molecule has 0 amide bonds. The van der Waals surface area contributed by atoms with Crippen LogP contribution in [0.25, 0.3) is 16.9 Å². The van der Waals surface area contributed by atoms with Gasteiger partial charge in [-0.15, -0.1) is 0 Å². The van der Waals surface area contributed by atoms with Crippen molar-refractivity contribution >= 4 is 29.4 Å². The van der Waals surface area contributed by atoms with Gasteiger partial charge in [0.2, 0.25) is 0 Å². The molecule has 4 aromatic rings. The Morgan fingerprint density at radius 1 is 1.00 bits per heavy atom. The Morgan fingerprint density at radius 2 is 1.77 bits per heavy atom. The molecular formula is C23H16Cl2FN3O. The highest BCUT2D eigenvalue weighted by Gasteiger charge is 2.11. The van der Waals surface area contributed by atoms with Gasteiger partial charge in [0, 0.05) is 32.9 Å². The van der Waals surface area contributed by atoms with Gasteiger partial charge in [0.25, 0.3) is 0 Å². The third-order valence-electron chi connectivity index (χ3n) is 4.38. The number of benzene rings is 3. The Morgan fingerprint density at radius 3 is 2.50 bits per heavy atom. The van der Waals surface area contributed by atoms with Gasteiger partial charge in [0.15, 0.2) is 0 Å². The number of para-hydroxylation sites is 1. The Balaban J connectivity index is 1.59. The van der Waals surface area contributed by atoms with Crippen molar-refractivity contribution in [3.63, 3.8) is 0 Å². The highest BCUT2D eigenvalue weighted by Crippen LogP contribution is 2.24. The van der Waals surface area contributed by atoms with Gasteiger partial charge >= 0.3 is 0 Å². The number of nitrogens with zero attached hydrogens (tertiary/aromatic N) is 3. The molecule has 4 nitrogen and oxygen atoms in total. The summed E-state index contributed by atoms with van der Waals surface area (Å²) in [5.41, 5.74) is 3.84. The molecular weight excluding hydrogens is 424 g/mol. The standard InChI is InChI=1S/C23H16Cl2FN3O/c24-19-9-6-17(22(25)12-19)15-30-27-13-18-14-29(21-4-2-1-3-5-21)28-23(18)16-7-10-20(26)11-8-16/h1-14H,15H2/b27-13+. The minimum Gasteiger partial charge on any atom is -0.391 e. The highest BCUT2D eigenvalue weighted by molar-refractivity contribution is 6.35. The van der Waals surface area contributed by atoms with Gasteiger partial charge in [-0.2, -0.15) is 5.10 Å². The minimum absolute atomic E-state index is 0.200. The van der Waals surface area contributed by atoms with E-state index >= 15 is 0 Å². The Bertz CT molecular complexity index is 1180. The van der Waals surface area contributed by atoms with Crippen LogP contribution in [-0.2, 0) is 11.4 Å². The van der Waals surface area contributed by atoms with Crippen LogP contribution in [0.2, 0.25) is 10.0 Å². The molecule has 0 spiro atoms. The molecule has 0 radical (unpaired) electrons. The molecule has 0 aliphatic carbocycles. The summed E-state index contributed by atoms with van der Waals surface area (Å²) in [5, 5.41) is 9.79. The fourth-order valence-corrected chi connectivity index (χ4v) is 3.33. The second-order valence-corrected chi connectivity index (χ2v) is 7.31. The molecule has 150 valence electrons. The SMILES string of the molecule is Fc1ccc(-c2nn(-c3ccccc3)cc2/C=N/OCc2ccc(Cl)cc2Cl)cc1. The number of halogens is 3. The first-order chi connectivity index (χ1) is 14.6. The molecule has 30 heavy (non-hydrogen) atoms. The van der Waals surface area contributed by atoms with Crippen molar-refractivity contribution in [1.82, 2.24) is 9.78 Å². The summed E-state index contributed by atoms with van der Waals surface area (Å²) < 4.78 is 15.1. The molecule has 0 fully saturated rings. The zero-order valence-electron chi connectivity index (χ0n) is 15.7. The van der Waals surface area contributed by atoms with E-state index in [0.717, 1.165) is 22.4 Å². The van der Waals surface area contributed by atoms with Gasteiger partial charge in [-0.05, 0) is 48.5 Å². The maximum atomic E-state index is 13.3. The second-order valence-electron chi connectivity index (χ2n) is 6.46. The van der Waals surface area contributed by atoms with Crippen LogP contribution in [0.3, 0.4) is 0 Å². The van der Waals surface area contributed by atoms with Gasteiger partial charge in [0.1, 0.15) is 18.1 Å². The van der Waals surface area contributed by atoms with E-state index in [1.165, 1.54) is 12.1 Å². The lowest BCUT2D eigenvalue weighted by Crippen LogP contribution is -1.94. The van der Waals surface area contributed by atoms with Gasteiger partial charge < -0.3 is 4.84 Å². The van der Waals surface area contributed by atoms with Gasteiger partial charge in [0.05, 0.1) is 11.9 Å². The Labute approximate surface area is 183 Å². The molecule has 0 bridgehead atoms. The maximum absolute atomic E-state index is 13.3. The van der Waals surface area contributed by atoms with Gasteiger partial charge in [-0.3, -0.25) is 0 Å². The number of oxime groups is 1. The van der Waals surface area contributed by atoms with E-state index in [1.54, 1.807) is 41.2 Å². The average Bonchev–Trinajstić information content (AvgIpc) is 3.18. The van der Waals surface area contributed by atoms with E-state index in [0.29, 0.717) is 15.7 Å². The molecule has 0 aliphatic heterocycles. The van der Waals surface area contributed by atoms with Crippen molar-refractivity contribution in [3.05, 3.63) is 106 Å². The zero-order chi connectivity index (χ0) is 20.9. The molecule has 0 N–H and O–H groups in total. The predicted molar refractivity (Wildman–Crippen MR) is 118 cm³/mol. The van der Waals surface area contributed by atoms with E-state index in [2.05, 4.69) is 10.3 Å². The average molecular weight is 440 g/mol. The summed E-state index contributed by atoms with van der Waals surface area (Å²) in [5.74, 6) is -0.306. The lowest BCUT2D eigenvalue weighted by Gasteiger charge is -2.03. The van der Waals surface area contributed by atoms with Crippen molar-refractivity contribution in [3.8, 4) is 16.9 Å². The summed E-state index contributed by atoms with van der Waals surface area (Å²) in [4.78, 5) is 5.41. The van der Waals surface area contributed by atoms with Crippen LogP contribution >= 0.6 is 23.2 Å². The van der Waals surface area contributed by atoms with Crippen LogP contribution in [0.15, 0.2) is 84.1 Å². The fraction of sp³-hybridized carbons (Fsp3) is 0.0435. The van der Waals surface area contributed by atoms with E-state index < -0.39 is 0 Å². The summed E-state index contributed by atoms with van der Waals surface area (Å²) in [6, 6.07) is 21.0. The van der Waals surface area contributed by atoms with Crippen LogP contribution < -0.4 is 0 Å². The van der Waals surface area contributed by atoms with Crippen LogP contribution in [0.1, 0.15) is 11.1 Å². The second kappa shape index (κ2) is 9.11. The topological polar surface area (TPSA) is 39.4 Å². The largest absolute Gasteiger partial charge is 0.391 e. The van der Waals surface area contributed by atoms with Gasteiger partial charge in [-0.25, -0.2) is 9.07 Å². The van der Waals surface area contributed by atoms with Crippen LogP contribution in [0.4, 0.5) is 4.39 Å². The summed E-state index contributed by atoms with van der Waals surface area (Å²) in [6.07, 6.45) is 3.42. The van der Waals surface area contributed by atoms with E-state index in [1.807, 2.05) is 36.5 Å². The third-order valence-corrected chi connectivity index (χ3v) is 4.97. The molecule has 0 saturated carbocycles. The first-order valence-electron chi connectivity index (χ1n) is 9.10. The summed E-state index contributed by atoms with van der Waals surface area (Å²) >= 11 is 12.1. The van der Waals surface area contributed by atoms with Crippen LogP contribution in [0, 0.1) is 5.82 Å². The van der Waals surface area contributed by atoms with Crippen molar-refractivity contribution in [2.75, 3.05) is 0 Å². The van der Waals surface area contributed by atoms with E-state index in [9.17, 15) is 4.39 Å². The number of hydrogen-bond acceptors (Lipinski definition) is 3. The Hall–Kier alpha value is -3.15. The van der Waals surface area contributed by atoms with Crippen molar-refractivity contribution in [2.45, 2.75) is 6.61 Å². The Kier molecular flexibility index (Phi) is 6.12. The minimum atomic E-state index is -0.306. The molecule has 3 aromatic carbocycles. The van der Waals surface area contributed by atoms with Crippen LogP contribution in [0.5, 0.6) is 0 Å².